The first-order chi connectivity index (χ1) is 11.9. The molecule has 3 N–H and O–H groups in total. The van der Waals surface area contributed by atoms with Gasteiger partial charge in [-0.3, -0.25) is 0 Å². The van der Waals surface area contributed by atoms with Crippen LogP contribution in [0.25, 0.3) is 0 Å². The molecule has 0 aromatic heterocycles. The standard InChI is InChI=1S/C16H18As2BNO5/c17-11-5-4-9(6-12(11)18)15(21)20-13-7-8-2-1-3-10(16(22)23)14(8)25-19(13)24/h1-3,9,11-13,24H,4-7H2,(H,20,21)(H,22,23)/t9-,11-,12-,13+/m1/s1. The summed E-state index contributed by atoms with van der Waals surface area (Å²) >= 11 is 5.32. The molecule has 1 fully saturated rings. The number of para-hydroxylation sites is 1. The van der Waals surface area contributed by atoms with E-state index < -0.39 is 19.0 Å². The van der Waals surface area contributed by atoms with Gasteiger partial charge in [-0.1, -0.05) is 0 Å². The molecule has 1 saturated carbocycles. The van der Waals surface area contributed by atoms with Gasteiger partial charge in [0, 0.05) is 0 Å². The molecule has 2 aliphatic rings. The zero-order valence-corrected chi connectivity index (χ0v) is 17.2. The van der Waals surface area contributed by atoms with Crippen LogP contribution in [0.3, 0.4) is 0 Å². The van der Waals surface area contributed by atoms with Crippen LogP contribution in [0.5, 0.6) is 5.75 Å². The van der Waals surface area contributed by atoms with Gasteiger partial charge < -0.3 is 0 Å². The first-order valence-electron chi connectivity index (χ1n) is 8.23. The monoisotopic (exact) mass is 465 g/mol. The third-order valence-corrected chi connectivity index (χ3v) is 8.43. The summed E-state index contributed by atoms with van der Waals surface area (Å²) in [7, 11) is -1.26. The minimum absolute atomic E-state index is 0.0207. The third kappa shape index (κ3) is 4.10. The number of carbonyl (C=O) groups excluding carboxylic acids is 1. The van der Waals surface area contributed by atoms with E-state index >= 15 is 0 Å². The van der Waals surface area contributed by atoms with Gasteiger partial charge in [0.05, 0.1) is 0 Å². The van der Waals surface area contributed by atoms with Gasteiger partial charge in [-0.25, -0.2) is 0 Å². The second-order valence-corrected chi connectivity index (χ2v) is 9.35. The van der Waals surface area contributed by atoms with Crippen molar-refractivity contribution in [1.82, 2.24) is 5.32 Å². The first-order valence-corrected chi connectivity index (χ1v) is 10.4. The summed E-state index contributed by atoms with van der Waals surface area (Å²) in [5.74, 6) is -1.63. The van der Waals surface area contributed by atoms with Crippen molar-refractivity contribution in [2.75, 3.05) is 0 Å². The summed E-state index contributed by atoms with van der Waals surface area (Å²) in [4.78, 5) is 23.8. The van der Waals surface area contributed by atoms with E-state index in [1.807, 2.05) is 0 Å². The average Bonchev–Trinajstić information content (AvgIpc) is 2.57. The second kappa shape index (κ2) is 7.77. The van der Waals surface area contributed by atoms with Crippen molar-refractivity contribution >= 4 is 52.7 Å². The number of amides is 1. The minimum atomic E-state index is -1.26. The van der Waals surface area contributed by atoms with Gasteiger partial charge in [-0.2, -0.15) is 0 Å². The number of carboxylic acids is 1. The van der Waals surface area contributed by atoms with Crippen LogP contribution in [0.1, 0.15) is 35.2 Å². The maximum atomic E-state index is 12.6. The van der Waals surface area contributed by atoms with E-state index in [2.05, 4.69) is 39.0 Å². The molecule has 1 aromatic carbocycles. The van der Waals surface area contributed by atoms with Crippen molar-refractivity contribution in [3.05, 3.63) is 29.3 Å². The van der Waals surface area contributed by atoms with Crippen LogP contribution in [-0.2, 0) is 11.2 Å². The number of carboxylic acid groups (broad SMARTS) is 1. The van der Waals surface area contributed by atoms with E-state index in [0.29, 0.717) is 21.4 Å². The Morgan fingerprint density at radius 1 is 1.24 bits per heavy atom. The predicted octanol–water partition coefficient (Wildman–Crippen LogP) is 0.538. The molecular weight excluding hydrogens is 447 g/mol. The molecule has 0 saturated heterocycles. The fourth-order valence-electron chi connectivity index (χ4n) is 3.39. The summed E-state index contributed by atoms with van der Waals surface area (Å²) in [6, 6.07) is 4.84. The molecule has 25 heavy (non-hydrogen) atoms. The Morgan fingerprint density at radius 2 is 2.00 bits per heavy atom. The van der Waals surface area contributed by atoms with Crippen LogP contribution >= 0.6 is 0 Å². The van der Waals surface area contributed by atoms with Crippen molar-refractivity contribution in [2.24, 2.45) is 5.92 Å². The molecule has 0 spiro atoms. The molecule has 0 unspecified atom stereocenters. The molecular formula is C16H18As2BNO5. The Kier molecular flexibility index (Phi) is 5.87. The molecule has 1 aromatic rings. The number of hydrogen-bond acceptors (Lipinski definition) is 4. The molecule has 4 atom stereocenters. The first kappa shape index (κ1) is 18.9. The Labute approximate surface area is 164 Å². The third-order valence-electron chi connectivity index (χ3n) is 4.83. The second-order valence-electron chi connectivity index (χ2n) is 6.57. The van der Waals surface area contributed by atoms with Crippen molar-refractivity contribution in [2.45, 2.75) is 41.0 Å². The van der Waals surface area contributed by atoms with Crippen molar-refractivity contribution < 1.29 is 24.4 Å². The SMILES string of the molecule is O=C(O)c1cccc2c1OB(O)[C@@H](NC(=O)[C@@H]1CC[C@@H]([As])[C@H]([As])C1)C2. The van der Waals surface area contributed by atoms with E-state index in [0.717, 1.165) is 19.3 Å². The topological polar surface area (TPSA) is 95.9 Å². The van der Waals surface area contributed by atoms with Crippen molar-refractivity contribution in [3.8, 4) is 5.75 Å². The molecule has 1 amide bonds. The van der Waals surface area contributed by atoms with Crippen LogP contribution in [0, 0.1) is 5.92 Å². The van der Waals surface area contributed by atoms with Gasteiger partial charge in [0.15, 0.2) is 0 Å². The number of carbonyl (C=O) groups is 2. The molecule has 1 aliphatic heterocycles. The van der Waals surface area contributed by atoms with Gasteiger partial charge >= 0.3 is 164 Å². The van der Waals surface area contributed by atoms with Crippen LogP contribution in [0.2, 0.25) is 9.41 Å². The fourth-order valence-corrected chi connectivity index (χ4v) is 4.80. The Hall–Kier alpha value is -0.898. The zero-order chi connectivity index (χ0) is 18.1. The van der Waals surface area contributed by atoms with Crippen LogP contribution in [0.15, 0.2) is 18.2 Å². The Bertz CT molecular complexity index is 688. The molecule has 0 bridgehead atoms. The summed E-state index contributed by atoms with van der Waals surface area (Å²) in [6.45, 7) is 0. The van der Waals surface area contributed by atoms with Gasteiger partial charge in [0.25, 0.3) is 0 Å². The normalized spacial score (nSPS) is 28.7. The number of rotatable bonds is 3. The summed E-state index contributed by atoms with van der Waals surface area (Å²) in [5.41, 5.74) is 0.697. The van der Waals surface area contributed by atoms with Crippen molar-refractivity contribution in [1.29, 1.82) is 0 Å². The van der Waals surface area contributed by atoms with E-state index in [4.69, 9.17) is 4.65 Å². The van der Waals surface area contributed by atoms with E-state index in [1.165, 1.54) is 6.07 Å². The summed E-state index contributed by atoms with van der Waals surface area (Å²) in [6.07, 6.45) is 2.98. The average molecular weight is 465 g/mol. The van der Waals surface area contributed by atoms with E-state index in [9.17, 15) is 19.7 Å². The van der Waals surface area contributed by atoms with E-state index in [1.54, 1.807) is 12.1 Å². The molecule has 1 aliphatic carbocycles. The Balaban J connectivity index is 1.69. The summed E-state index contributed by atoms with van der Waals surface area (Å²) in [5, 5.41) is 22.3. The molecule has 4 radical (unpaired) electrons. The quantitative estimate of drug-likeness (QED) is 0.567. The zero-order valence-electron chi connectivity index (χ0n) is 13.5. The van der Waals surface area contributed by atoms with Crippen LogP contribution in [-0.4, -0.2) is 68.8 Å². The molecule has 3 rings (SSSR count). The number of nitrogens with one attached hydrogen (secondary N) is 1. The van der Waals surface area contributed by atoms with Gasteiger partial charge in [0.1, 0.15) is 0 Å². The van der Waals surface area contributed by atoms with Crippen molar-refractivity contribution in [3.63, 3.8) is 0 Å². The number of hydrogen-bond donors (Lipinski definition) is 3. The maximum absolute atomic E-state index is 12.6. The number of fused-ring (bicyclic) bond motifs is 1. The number of aromatic carboxylic acids is 1. The molecule has 6 nitrogen and oxygen atoms in total. The van der Waals surface area contributed by atoms with Gasteiger partial charge in [-0.15, -0.1) is 0 Å². The van der Waals surface area contributed by atoms with E-state index in [-0.39, 0.29) is 23.1 Å². The number of benzene rings is 1. The van der Waals surface area contributed by atoms with Crippen LogP contribution in [0.4, 0.5) is 0 Å². The van der Waals surface area contributed by atoms with Gasteiger partial charge in [-0.05, 0) is 0 Å². The van der Waals surface area contributed by atoms with Gasteiger partial charge in [0.2, 0.25) is 0 Å². The molecule has 130 valence electrons. The fraction of sp³-hybridized carbons (Fsp3) is 0.500. The predicted molar refractivity (Wildman–Crippen MR) is 94.0 cm³/mol. The molecule has 1 heterocycles. The Morgan fingerprint density at radius 3 is 2.68 bits per heavy atom. The van der Waals surface area contributed by atoms with Crippen LogP contribution < -0.4 is 9.97 Å². The summed E-state index contributed by atoms with van der Waals surface area (Å²) < 4.78 is 6.38. The molecule has 9 heteroatoms.